The molecule has 0 radical (unpaired) electrons. The van der Waals surface area contributed by atoms with E-state index in [0.29, 0.717) is 5.69 Å². The monoisotopic (exact) mass is 203 g/mol. The zero-order valence-electron chi connectivity index (χ0n) is 8.67. The number of nitrogens with one attached hydrogen (secondary N) is 1. The van der Waals surface area contributed by atoms with Gasteiger partial charge < -0.3 is 9.72 Å². The first-order valence-electron chi connectivity index (χ1n) is 4.88. The summed E-state index contributed by atoms with van der Waals surface area (Å²) in [6, 6.07) is 1.85. The number of hydrogen-bond acceptors (Lipinski definition) is 2. The number of H-pyrrole nitrogens is 1. The number of carbonyl (C=O) groups excluding carboxylic acids is 1. The van der Waals surface area contributed by atoms with Crippen molar-refractivity contribution in [1.82, 2.24) is 4.98 Å². The average Bonchev–Trinajstić information content (AvgIpc) is 2.79. The van der Waals surface area contributed by atoms with Crippen molar-refractivity contribution in [2.75, 3.05) is 7.11 Å². The number of methoxy groups -OCH3 is 1. The molecule has 3 heteroatoms. The number of aryl methyl sites for hydroxylation is 1. The third-order valence-electron chi connectivity index (χ3n) is 2.61. The van der Waals surface area contributed by atoms with Gasteiger partial charge in [-0.15, -0.1) is 0 Å². The van der Waals surface area contributed by atoms with Crippen LogP contribution in [0.2, 0.25) is 0 Å². The number of aromatic amines is 1. The van der Waals surface area contributed by atoms with Crippen LogP contribution >= 0.6 is 0 Å². The topological polar surface area (TPSA) is 42.1 Å². The first-order chi connectivity index (χ1) is 7.26. The Kier molecular flexibility index (Phi) is 2.46. The number of fused-ring (bicyclic) bond motifs is 1. The van der Waals surface area contributed by atoms with Crippen LogP contribution in [-0.4, -0.2) is 18.1 Å². The van der Waals surface area contributed by atoms with Crippen molar-refractivity contribution in [2.24, 2.45) is 0 Å². The van der Waals surface area contributed by atoms with Crippen molar-refractivity contribution in [2.45, 2.75) is 12.8 Å². The number of aromatic nitrogens is 1. The summed E-state index contributed by atoms with van der Waals surface area (Å²) in [5.41, 5.74) is 3.99. The fourth-order valence-corrected chi connectivity index (χ4v) is 1.91. The van der Waals surface area contributed by atoms with Crippen molar-refractivity contribution >= 4 is 11.5 Å². The zero-order chi connectivity index (χ0) is 10.8. The molecule has 2 rings (SSSR count). The smallest absolute Gasteiger partial charge is 0.354 e. The van der Waals surface area contributed by atoms with E-state index in [9.17, 15) is 4.79 Å². The van der Waals surface area contributed by atoms with Crippen LogP contribution in [0.3, 0.4) is 0 Å². The maximum Gasteiger partial charge on any atom is 0.354 e. The second-order valence-electron chi connectivity index (χ2n) is 3.49. The van der Waals surface area contributed by atoms with Gasteiger partial charge in [0.1, 0.15) is 5.69 Å². The Bertz CT molecular complexity index is 440. The van der Waals surface area contributed by atoms with Crippen LogP contribution < -0.4 is 0 Å². The number of rotatable bonds is 2. The van der Waals surface area contributed by atoms with E-state index in [-0.39, 0.29) is 5.97 Å². The predicted octanol–water partition coefficient (Wildman–Crippen LogP) is 2.32. The highest BCUT2D eigenvalue weighted by Gasteiger charge is 2.21. The molecule has 0 saturated heterocycles. The van der Waals surface area contributed by atoms with Gasteiger partial charge in [0.15, 0.2) is 0 Å². The number of esters is 1. The Morgan fingerprint density at radius 1 is 1.60 bits per heavy atom. The summed E-state index contributed by atoms with van der Waals surface area (Å²) in [6.45, 7) is 3.68. The highest BCUT2D eigenvalue weighted by molar-refractivity contribution is 5.90. The molecule has 0 fully saturated rings. The molecule has 0 bridgehead atoms. The first kappa shape index (κ1) is 9.77. The van der Waals surface area contributed by atoms with Crippen LogP contribution in [0.5, 0.6) is 0 Å². The molecule has 15 heavy (non-hydrogen) atoms. The van der Waals surface area contributed by atoms with E-state index in [2.05, 4.69) is 16.3 Å². The minimum atomic E-state index is -0.317. The van der Waals surface area contributed by atoms with Gasteiger partial charge in [0.25, 0.3) is 0 Å². The summed E-state index contributed by atoms with van der Waals surface area (Å²) >= 11 is 0. The Hall–Kier alpha value is -1.77. The highest BCUT2D eigenvalue weighted by Crippen LogP contribution is 2.32. The van der Waals surface area contributed by atoms with Crippen LogP contribution in [0.4, 0.5) is 0 Å². The summed E-state index contributed by atoms with van der Waals surface area (Å²) in [6.07, 6.45) is 5.72. The highest BCUT2D eigenvalue weighted by atomic mass is 16.5. The van der Waals surface area contributed by atoms with Crippen molar-refractivity contribution in [3.8, 4) is 0 Å². The molecule has 3 nitrogen and oxygen atoms in total. The van der Waals surface area contributed by atoms with E-state index in [4.69, 9.17) is 0 Å². The fraction of sp³-hybridized carbons (Fsp3) is 0.250. The Morgan fingerprint density at radius 2 is 2.40 bits per heavy atom. The normalized spacial score (nSPS) is 16.5. The van der Waals surface area contributed by atoms with E-state index >= 15 is 0 Å². The molecule has 0 unspecified atom stereocenters. The molecule has 0 aromatic carbocycles. The molecule has 0 aliphatic heterocycles. The molecule has 0 saturated carbocycles. The van der Waals surface area contributed by atoms with Gasteiger partial charge >= 0.3 is 5.97 Å². The van der Waals surface area contributed by atoms with E-state index in [0.717, 1.165) is 24.1 Å². The molecule has 1 aromatic rings. The molecule has 78 valence electrons. The van der Waals surface area contributed by atoms with Crippen LogP contribution in [0.25, 0.3) is 5.57 Å². The Balaban J connectivity index is 2.38. The van der Waals surface area contributed by atoms with Crippen molar-refractivity contribution in [1.29, 1.82) is 0 Å². The second-order valence-corrected chi connectivity index (χ2v) is 3.49. The summed E-state index contributed by atoms with van der Waals surface area (Å²) in [5.74, 6) is -0.317. The van der Waals surface area contributed by atoms with Crippen molar-refractivity contribution < 1.29 is 9.53 Å². The lowest BCUT2D eigenvalue weighted by Gasteiger charge is -1.95. The fourth-order valence-electron chi connectivity index (χ4n) is 1.91. The van der Waals surface area contributed by atoms with Crippen LogP contribution in [0, 0.1) is 0 Å². The molecular formula is C12H13NO2. The van der Waals surface area contributed by atoms with Gasteiger partial charge in [0.2, 0.25) is 0 Å². The third kappa shape index (κ3) is 1.61. The van der Waals surface area contributed by atoms with Gasteiger partial charge in [-0.2, -0.15) is 0 Å². The van der Waals surface area contributed by atoms with Gasteiger partial charge in [-0.1, -0.05) is 18.7 Å². The lowest BCUT2D eigenvalue weighted by molar-refractivity contribution is 0.0594. The van der Waals surface area contributed by atoms with Crippen LogP contribution in [0.15, 0.2) is 24.8 Å². The molecule has 1 aliphatic carbocycles. The van der Waals surface area contributed by atoms with E-state index in [1.54, 1.807) is 6.08 Å². The number of carbonyl (C=O) groups is 1. The summed E-state index contributed by atoms with van der Waals surface area (Å²) < 4.78 is 4.66. The number of hydrogen-bond donors (Lipinski definition) is 1. The van der Waals surface area contributed by atoms with Gasteiger partial charge in [0.05, 0.1) is 7.11 Å². The first-order valence-corrected chi connectivity index (χ1v) is 4.88. The molecule has 1 N–H and O–H groups in total. The summed E-state index contributed by atoms with van der Waals surface area (Å²) in [5, 5.41) is 0. The zero-order valence-corrected chi connectivity index (χ0v) is 8.67. The third-order valence-corrected chi connectivity index (χ3v) is 2.61. The van der Waals surface area contributed by atoms with Gasteiger partial charge in [0, 0.05) is 5.69 Å². The van der Waals surface area contributed by atoms with Crippen molar-refractivity contribution in [3.63, 3.8) is 0 Å². The standard InChI is InChI=1S/C12H13NO2/c1-3-4-8-5-6-10-9(8)7-11(13-10)12(14)15-2/h3-4,7,13H,1,5-6H2,2H3/b8-4+. The Morgan fingerprint density at radius 3 is 3.07 bits per heavy atom. The molecular weight excluding hydrogens is 190 g/mol. The largest absolute Gasteiger partial charge is 0.464 e. The second kappa shape index (κ2) is 3.77. The lowest BCUT2D eigenvalue weighted by atomic mass is 10.1. The maximum atomic E-state index is 11.3. The molecule has 1 heterocycles. The maximum absolute atomic E-state index is 11.3. The molecule has 1 aromatic heterocycles. The average molecular weight is 203 g/mol. The van der Waals surface area contributed by atoms with Gasteiger partial charge in [-0.25, -0.2) is 4.79 Å². The summed E-state index contributed by atoms with van der Waals surface area (Å²) in [7, 11) is 1.38. The van der Waals surface area contributed by atoms with Gasteiger partial charge in [-0.05, 0) is 30.0 Å². The predicted molar refractivity (Wildman–Crippen MR) is 58.6 cm³/mol. The minimum Gasteiger partial charge on any atom is -0.464 e. The Labute approximate surface area is 88.5 Å². The van der Waals surface area contributed by atoms with Crippen LogP contribution in [-0.2, 0) is 11.2 Å². The quantitative estimate of drug-likeness (QED) is 0.749. The van der Waals surface area contributed by atoms with Gasteiger partial charge in [-0.3, -0.25) is 0 Å². The molecule has 0 spiro atoms. The van der Waals surface area contributed by atoms with E-state index < -0.39 is 0 Å². The van der Waals surface area contributed by atoms with E-state index in [1.807, 2.05) is 12.1 Å². The lowest BCUT2D eigenvalue weighted by Crippen LogP contribution is -2.01. The number of allylic oxidation sites excluding steroid dienone is 3. The van der Waals surface area contributed by atoms with Crippen LogP contribution in [0.1, 0.15) is 28.2 Å². The van der Waals surface area contributed by atoms with E-state index in [1.165, 1.54) is 12.7 Å². The SMILES string of the molecule is C=C/C=C1\CCc2[nH]c(C(=O)OC)cc21. The molecule has 0 atom stereocenters. The van der Waals surface area contributed by atoms with Crippen molar-refractivity contribution in [3.05, 3.63) is 41.7 Å². The molecule has 0 amide bonds. The number of ether oxygens (including phenoxy) is 1. The molecule has 1 aliphatic rings. The minimum absolute atomic E-state index is 0.317. The summed E-state index contributed by atoms with van der Waals surface area (Å²) in [4.78, 5) is 14.4.